The number of amides is 1. The number of carbonyl (C=O) groups is 1. The van der Waals surface area contributed by atoms with E-state index >= 15 is 0 Å². The molecule has 1 unspecified atom stereocenters. The summed E-state index contributed by atoms with van der Waals surface area (Å²) in [4.78, 5) is 11.3. The molecular weight excluding hydrogens is 242 g/mol. The quantitative estimate of drug-likeness (QED) is 0.908. The van der Waals surface area contributed by atoms with E-state index in [1.54, 1.807) is 7.11 Å². The highest BCUT2D eigenvalue weighted by Crippen LogP contribution is 2.51. The Morgan fingerprint density at radius 3 is 2.89 bits per heavy atom. The Balaban J connectivity index is 1.96. The van der Waals surface area contributed by atoms with Gasteiger partial charge in [-0.15, -0.1) is 0 Å². The number of nitrogens with two attached hydrogens (primary N) is 1. The topological polar surface area (TPSA) is 61.5 Å². The zero-order valence-corrected chi connectivity index (χ0v) is 11.1. The van der Waals surface area contributed by atoms with Crippen LogP contribution in [0, 0.1) is 0 Å². The highest BCUT2D eigenvalue weighted by molar-refractivity contribution is 5.75. The van der Waals surface area contributed by atoms with Gasteiger partial charge in [0.25, 0.3) is 0 Å². The van der Waals surface area contributed by atoms with Crippen molar-refractivity contribution < 1.29 is 14.3 Å². The number of primary amides is 1. The second kappa shape index (κ2) is 4.44. The van der Waals surface area contributed by atoms with Crippen LogP contribution >= 0.6 is 0 Å². The van der Waals surface area contributed by atoms with Crippen molar-refractivity contribution in [3.63, 3.8) is 0 Å². The third-order valence-electron chi connectivity index (χ3n) is 4.31. The summed E-state index contributed by atoms with van der Waals surface area (Å²) in [6.45, 7) is 0. The van der Waals surface area contributed by atoms with E-state index < -0.39 is 0 Å². The molecule has 1 aromatic rings. The van der Waals surface area contributed by atoms with Gasteiger partial charge in [0.05, 0.1) is 7.11 Å². The molecule has 102 valence electrons. The zero-order chi connectivity index (χ0) is 13.5. The van der Waals surface area contributed by atoms with Crippen LogP contribution in [0.15, 0.2) is 18.2 Å². The summed E-state index contributed by atoms with van der Waals surface area (Å²) < 4.78 is 11.4. The maximum Gasteiger partial charge on any atom is 0.218 e. The van der Waals surface area contributed by atoms with Gasteiger partial charge in [-0.05, 0) is 43.9 Å². The first-order valence-corrected chi connectivity index (χ1v) is 6.77. The number of hydrogen-bond acceptors (Lipinski definition) is 3. The third kappa shape index (κ3) is 2.15. The fourth-order valence-corrected chi connectivity index (χ4v) is 3.20. The molecule has 1 amide bonds. The first kappa shape index (κ1) is 12.3. The Hall–Kier alpha value is -1.71. The number of ether oxygens (including phenoxy) is 2. The highest BCUT2D eigenvalue weighted by Gasteiger charge is 2.45. The molecule has 1 heterocycles. The largest absolute Gasteiger partial charge is 0.497 e. The minimum absolute atomic E-state index is 0.0539. The van der Waals surface area contributed by atoms with E-state index in [1.165, 1.54) is 6.42 Å². The molecule has 0 bridgehead atoms. The van der Waals surface area contributed by atoms with Gasteiger partial charge in [0.15, 0.2) is 0 Å². The summed E-state index contributed by atoms with van der Waals surface area (Å²) in [7, 11) is 1.64. The molecule has 2 aliphatic rings. The lowest BCUT2D eigenvalue weighted by Crippen LogP contribution is -2.47. The molecule has 4 heteroatoms. The normalized spacial score (nSPS) is 23.1. The Bertz CT molecular complexity index is 508. The Kier molecular flexibility index (Phi) is 2.88. The summed E-state index contributed by atoms with van der Waals surface area (Å²) in [6.07, 6.45) is 4.62. The molecule has 0 radical (unpaired) electrons. The van der Waals surface area contributed by atoms with Crippen molar-refractivity contribution in [2.45, 2.75) is 43.6 Å². The predicted octanol–water partition coefficient (Wildman–Crippen LogP) is 2.36. The van der Waals surface area contributed by atoms with E-state index in [2.05, 4.69) is 0 Å². The van der Waals surface area contributed by atoms with E-state index in [9.17, 15) is 4.79 Å². The average Bonchev–Trinajstić information content (AvgIpc) is 2.35. The Morgan fingerprint density at radius 1 is 1.53 bits per heavy atom. The molecule has 19 heavy (non-hydrogen) atoms. The summed E-state index contributed by atoms with van der Waals surface area (Å²) in [5, 5.41) is 0. The van der Waals surface area contributed by atoms with Gasteiger partial charge in [0.2, 0.25) is 5.91 Å². The van der Waals surface area contributed by atoms with Crippen molar-refractivity contribution in [1.82, 2.24) is 0 Å². The van der Waals surface area contributed by atoms with Crippen molar-refractivity contribution in [2.24, 2.45) is 5.73 Å². The van der Waals surface area contributed by atoms with E-state index in [1.807, 2.05) is 18.2 Å². The number of hydrogen-bond donors (Lipinski definition) is 1. The van der Waals surface area contributed by atoms with E-state index in [0.717, 1.165) is 36.3 Å². The Morgan fingerprint density at radius 2 is 2.32 bits per heavy atom. The zero-order valence-electron chi connectivity index (χ0n) is 11.1. The SMILES string of the molecule is COc1ccc2c(c1)C(CC(N)=O)CC1(CCC1)O2. The highest BCUT2D eigenvalue weighted by atomic mass is 16.5. The van der Waals surface area contributed by atoms with Crippen LogP contribution in [0.2, 0.25) is 0 Å². The molecule has 1 fully saturated rings. The fourth-order valence-electron chi connectivity index (χ4n) is 3.20. The second-order valence-corrected chi connectivity index (χ2v) is 5.61. The Labute approximate surface area is 112 Å². The summed E-state index contributed by atoms with van der Waals surface area (Å²) in [5.74, 6) is 1.58. The first-order valence-electron chi connectivity index (χ1n) is 6.77. The van der Waals surface area contributed by atoms with Gasteiger partial charge in [-0.2, -0.15) is 0 Å². The van der Waals surface area contributed by atoms with Gasteiger partial charge in [0.1, 0.15) is 17.1 Å². The van der Waals surface area contributed by atoms with Gasteiger partial charge >= 0.3 is 0 Å². The van der Waals surface area contributed by atoms with E-state index in [-0.39, 0.29) is 17.4 Å². The van der Waals surface area contributed by atoms with Crippen LogP contribution in [-0.4, -0.2) is 18.6 Å². The molecular formula is C15H19NO3. The third-order valence-corrected chi connectivity index (χ3v) is 4.31. The maximum atomic E-state index is 11.3. The number of carbonyl (C=O) groups excluding carboxylic acids is 1. The monoisotopic (exact) mass is 261 g/mol. The molecule has 1 aliphatic carbocycles. The molecule has 1 saturated carbocycles. The molecule has 1 spiro atoms. The fraction of sp³-hybridized carbons (Fsp3) is 0.533. The van der Waals surface area contributed by atoms with Crippen molar-refractivity contribution in [3.8, 4) is 11.5 Å². The molecule has 1 aromatic carbocycles. The molecule has 1 aliphatic heterocycles. The number of fused-ring (bicyclic) bond motifs is 1. The lowest BCUT2D eigenvalue weighted by atomic mass is 9.70. The lowest BCUT2D eigenvalue weighted by Gasteiger charge is -2.48. The van der Waals surface area contributed by atoms with Crippen LogP contribution in [0.4, 0.5) is 0 Å². The maximum absolute atomic E-state index is 11.3. The molecule has 0 saturated heterocycles. The van der Waals surface area contributed by atoms with E-state index in [4.69, 9.17) is 15.2 Å². The van der Waals surface area contributed by atoms with Crippen LogP contribution in [0.1, 0.15) is 43.6 Å². The van der Waals surface area contributed by atoms with Crippen LogP contribution in [0.5, 0.6) is 11.5 Å². The minimum atomic E-state index is -0.254. The second-order valence-electron chi connectivity index (χ2n) is 5.61. The van der Waals surface area contributed by atoms with Crippen LogP contribution < -0.4 is 15.2 Å². The van der Waals surface area contributed by atoms with Gasteiger partial charge in [-0.25, -0.2) is 0 Å². The number of methoxy groups -OCH3 is 1. The molecule has 2 N–H and O–H groups in total. The summed E-state index contributed by atoms with van der Waals surface area (Å²) >= 11 is 0. The first-order chi connectivity index (χ1) is 9.12. The van der Waals surface area contributed by atoms with Crippen molar-refractivity contribution in [2.75, 3.05) is 7.11 Å². The van der Waals surface area contributed by atoms with Gasteiger partial charge in [-0.3, -0.25) is 4.79 Å². The van der Waals surface area contributed by atoms with Crippen LogP contribution in [-0.2, 0) is 4.79 Å². The molecule has 0 aromatic heterocycles. The van der Waals surface area contributed by atoms with Gasteiger partial charge in [-0.1, -0.05) is 0 Å². The summed E-state index contributed by atoms with van der Waals surface area (Å²) in [6, 6.07) is 5.81. The van der Waals surface area contributed by atoms with E-state index in [0.29, 0.717) is 6.42 Å². The number of rotatable bonds is 3. The standard InChI is InChI=1S/C15H19NO3/c1-18-11-3-4-13-12(8-11)10(7-14(16)17)9-15(19-13)5-2-6-15/h3-4,8,10H,2,5-7,9H2,1H3,(H2,16,17). The molecule has 1 atom stereocenters. The number of benzene rings is 1. The summed E-state index contributed by atoms with van der Waals surface area (Å²) in [5.41, 5.74) is 6.39. The molecule has 4 nitrogen and oxygen atoms in total. The molecule has 3 rings (SSSR count). The van der Waals surface area contributed by atoms with Crippen LogP contribution in [0.3, 0.4) is 0 Å². The lowest BCUT2D eigenvalue weighted by molar-refractivity contribution is -0.119. The minimum Gasteiger partial charge on any atom is -0.497 e. The van der Waals surface area contributed by atoms with Gasteiger partial charge in [0, 0.05) is 17.9 Å². The van der Waals surface area contributed by atoms with Crippen molar-refractivity contribution in [3.05, 3.63) is 23.8 Å². The van der Waals surface area contributed by atoms with Gasteiger partial charge < -0.3 is 15.2 Å². The average molecular weight is 261 g/mol. The van der Waals surface area contributed by atoms with Crippen molar-refractivity contribution in [1.29, 1.82) is 0 Å². The smallest absolute Gasteiger partial charge is 0.218 e. The van der Waals surface area contributed by atoms with Crippen LogP contribution in [0.25, 0.3) is 0 Å². The van der Waals surface area contributed by atoms with Crippen molar-refractivity contribution >= 4 is 5.91 Å². The predicted molar refractivity (Wildman–Crippen MR) is 71.4 cm³/mol.